The van der Waals surface area contributed by atoms with Gasteiger partial charge in [0, 0.05) is 24.8 Å². The molecule has 0 bridgehead atoms. The van der Waals surface area contributed by atoms with Gasteiger partial charge >= 0.3 is 6.61 Å². The summed E-state index contributed by atoms with van der Waals surface area (Å²) in [4.78, 5) is 27.6. The largest absolute Gasteiger partial charge is 0.493 e. The second-order valence-corrected chi connectivity index (χ2v) is 8.84. The van der Waals surface area contributed by atoms with Crippen molar-refractivity contribution in [1.29, 1.82) is 0 Å². The number of hydrogen-bond acceptors (Lipinski definition) is 5. The molecule has 1 N–H and O–H groups in total. The summed E-state index contributed by atoms with van der Waals surface area (Å²) in [6.07, 6.45) is 5.66. The Morgan fingerprint density at radius 2 is 1.77 bits per heavy atom. The van der Waals surface area contributed by atoms with E-state index in [4.69, 9.17) is 9.47 Å². The van der Waals surface area contributed by atoms with Crippen molar-refractivity contribution in [3.05, 3.63) is 48.0 Å². The van der Waals surface area contributed by atoms with Gasteiger partial charge in [0.15, 0.2) is 11.5 Å². The molecule has 1 aliphatic heterocycles. The summed E-state index contributed by atoms with van der Waals surface area (Å²) in [7, 11) is 1.58. The third-order valence-electron chi connectivity index (χ3n) is 6.44. The van der Waals surface area contributed by atoms with Crippen LogP contribution in [0.3, 0.4) is 0 Å². The molecule has 1 atom stereocenters. The van der Waals surface area contributed by atoms with E-state index in [0.29, 0.717) is 36.6 Å². The number of rotatable bonds is 8. The molecule has 2 aromatic rings. The van der Waals surface area contributed by atoms with Gasteiger partial charge in [-0.25, -0.2) is 0 Å². The molecular formula is C26H30F2N2O5. The van der Waals surface area contributed by atoms with Gasteiger partial charge in [0.05, 0.1) is 24.7 Å². The Morgan fingerprint density at radius 3 is 2.51 bits per heavy atom. The van der Waals surface area contributed by atoms with Gasteiger partial charge in [-0.05, 0) is 62.8 Å². The lowest BCUT2D eigenvalue weighted by Crippen LogP contribution is -2.43. The minimum atomic E-state index is -3.03. The van der Waals surface area contributed by atoms with Crippen molar-refractivity contribution in [3.8, 4) is 17.2 Å². The normalized spacial score (nSPS) is 18.4. The summed E-state index contributed by atoms with van der Waals surface area (Å²) in [5.41, 5.74) is 0.639. The van der Waals surface area contributed by atoms with Crippen molar-refractivity contribution < 1.29 is 32.6 Å². The van der Waals surface area contributed by atoms with E-state index in [0.717, 1.165) is 25.7 Å². The molecule has 2 amide bonds. The number of carbonyl (C=O) groups excluding carboxylic acids is 2. The lowest BCUT2D eigenvalue weighted by molar-refractivity contribution is -0.121. The maximum absolute atomic E-state index is 13.0. The highest BCUT2D eigenvalue weighted by Crippen LogP contribution is 2.34. The molecule has 1 saturated carbocycles. The maximum Gasteiger partial charge on any atom is 0.387 e. The average Bonchev–Trinajstić information content (AvgIpc) is 3.37. The van der Waals surface area contributed by atoms with Crippen molar-refractivity contribution in [2.24, 2.45) is 5.92 Å². The highest BCUT2D eigenvalue weighted by Gasteiger charge is 2.30. The van der Waals surface area contributed by atoms with Crippen molar-refractivity contribution in [2.45, 2.75) is 51.2 Å². The van der Waals surface area contributed by atoms with Gasteiger partial charge in [-0.15, -0.1) is 0 Å². The summed E-state index contributed by atoms with van der Waals surface area (Å²) in [5, 5.41) is 2.93. The Balaban J connectivity index is 1.42. The molecule has 0 spiro atoms. The Bertz CT molecular complexity index is 1040. The number of benzene rings is 2. The van der Waals surface area contributed by atoms with Crippen LogP contribution in [0.15, 0.2) is 42.5 Å². The number of ether oxygens (including phenoxy) is 3. The van der Waals surface area contributed by atoms with E-state index < -0.39 is 18.4 Å². The van der Waals surface area contributed by atoms with E-state index in [1.165, 1.54) is 23.1 Å². The second kappa shape index (κ2) is 11.4. The van der Waals surface area contributed by atoms with E-state index in [-0.39, 0.29) is 29.9 Å². The first-order chi connectivity index (χ1) is 16.9. The summed E-state index contributed by atoms with van der Waals surface area (Å²) in [6.45, 7) is -2.40. The number of carbonyl (C=O) groups is 2. The number of piperidine rings is 1. The third-order valence-corrected chi connectivity index (χ3v) is 6.44. The van der Waals surface area contributed by atoms with Gasteiger partial charge in [-0.2, -0.15) is 8.78 Å². The first-order valence-electron chi connectivity index (χ1n) is 11.9. The van der Waals surface area contributed by atoms with Crippen molar-refractivity contribution in [1.82, 2.24) is 4.90 Å². The number of methoxy groups -OCH3 is 1. The number of halogens is 2. The van der Waals surface area contributed by atoms with Crippen LogP contribution in [0.4, 0.5) is 14.5 Å². The van der Waals surface area contributed by atoms with Crippen LogP contribution in [0.2, 0.25) is 0 Å². The number of hydrogen-bond donors (Lipinski definition) is 1. The van der Waals surface area contributed by atoms with Crippen molar-refractivity contribution >= 4 is 17.5 Å². The van der Waals surface area contributed by atoms with Gasteiger partial charge in [0.2, 0.25) is 5.91 Å². The lowest BCUT2D eigenvalue weighted by Gasteiger charge is -2.32. The topological polar surface area (TPSA) is 77.1 Å². The van der Waals surface area contributed by atoms with Crippen LogP contribution in [0.1, 0.15) is 48.9 Å². The standard InChI is InChI=1S/C26H30F2N2O5/c1-33-22-13-12-18(15-23(22)34-19-8-2-3-9-19)29-24(31)17-7-6-14-30(16-17)25(32)20-10-4-5-11-21(20)35-26(27)28/h4-5,10-13,15,17,19,26H,2-3,6-9,14,16H2,1H3,(H,29,31). The fourth-order valence-electron chi connectivity index (χ4n) is 4.66. The van der Waals surface area contributed by atoms with Crippen LogP contribution in [-0.4, -0.2) is 49.6 Å². The number of para-hydroxylation sites is 1. The first-order valence-corrected chi connectivity index (χ1v) is 11.9. The van der Waals surface area contributed by atoms with Gasteiger partial charge in [0.1, 0.15) is 5.75 Å². The van der Waals surface area contributed by atoms with Crippen LogP contribution in [0.25, 0.3) is 0 Å². The summed E-state index contributed by atoms with van der Waals surface area (Å²) < 4.78 is 41.5. The van der Waals surface area contributed by atoms with E-state index in [1.54, 1.807) is 31.4 Å². The minimum absolute atomic E-state index is 0.0534. The predicted molar refractivity (Wildman–Crippen MR) is 126 cm³/mol. The van der Waals surface area contributed by atoms with E-state index >= 15 is 0 Å². The van der Waals surface area contributed by atoms with Crippen LogP contribution < -0.4 is 19.5 Å². The van der Waals surface area contributed by atoms with Crippen LogP contribution in [0.5, 0.6) is 17.2 Å². The minimum Gasteiger partial charge on any atom is -0.493 e. The molecular weight excluding hydrogens is 458 g/mol. The lowest BCUT2D eigenvalue weighted by atomic mass is 9.96. The molecule has 0 aromatic heterocycles. The van der Waals surface area contributed by atoms with Crippen LogP contribution in [0, 0.1) is 5.92 Å². The number of likely N-dealkylation sites (tertiary alicyclic amines) is 1. The summed E-state index contributed by atoms with van der Waals surface area (Å²) in [6, 6.07) is 11.2. The Hall–Kier alpha value is -3.36. The molecule has 1 aliphatic carbocycles. The van der Waals surface area contributed by atoms with Crippen molar-refractivity contribution in [3.63, 3.8) is 0 Å². The van der Waals surface area contributed by atoms with Gasteiger partial charge in [-0.1, -0.05) is 12.1 Å². The number of alkyl halides is 2. The maximum atomic E-state index is 13.0. The number of nitrogens with one attached hydrogen (secondary N) is 1. The smallest absolute Gasteiger partial charge is 0.387 e. The highest BCUT2D eigenvalue weighted by molar-refractivity contribution is 5.98. The zero-order valence-electron chi connectivity index (χ0n) is 19.7. The molecule has 4 rings (SSSR count). The molecule has 2 fully saturated rings. The van der Waals surface area contributed by atoms with E-state index in [2.05, 4.69) is 10.1 Å². The van der Waals surface area contributed by atoms with Crippen molar-refractivity contribution in [2.75, 3.05) is 25.5 Å². The fraction of sp³-hybridized carbons (Fsp3) is 0.462. The van der Waals surface area contributed by atoms with Crippen LogP contribution >= 0.6 is 0 Å². The number of amides is 2. The molecule has 2 aliphatic rings. The van der Waals surface area contributed by atoms with Gasteiger partial charge in [0.25, 0.3) is 5.91 Å². The average molecular weight is 489 g/mol. The van der Waals surface area contributed by atoms with E-state index in [1.807, 2.05) is 0 Å². The monoisotopic (exact) mass is 488 g/mol. The first kappa shape index (κ1) is 24.8. The Morgan fingerprint density at radius 1 is 1.00 bits per heavy atom. The molecule has 1 heterocycles. The molecule has 188 valence electrons. The summed E-state index contributed by atoms with van der Waals surface area (Å²) >= 11 is 0. The zero-order chi connectivity index (χ0) is 24.8. The quantitative estimate of drug-likeness (QED) is 0.559. The van der Waals surface area contributed by atoms with Crippen LogP contribution in [-0.2, 0) is 4.79 Å². The Kier molecular flexibility index (Phi) is 8.05. The molecule has 2 aromatic carbocycles. The molecule has 1 unspecified atom stereocenters. The van der Waals surface area contributed by atoms with Gasteiger partial charge in [-0.3, -0.25) is 9.59 Å². The SMILES string of the molecule is COc1ccc(NC(=O)C2CCCN(C(=O)c3ccccc3OC(F)F)C2)cc1OC1CCCC1. The number of nitrogens with zero attached hydrogens (tertiary/aromatic N) is 1. The molecule has 0 radical (unpaired) electrons. The van der Waals surface area contributed by atoms with Gasteiger partial charge < -0.3 is 24.4 Å². The molecule has 1 saturated heterocycles. The van der Waals surface area contributed by atoms with E-state index in [9.17, 15) is 18.4 Å². The fourth-order valence-corrected chi connectivity index (χ4v) is 4.66. The zero-order valence-corrected chi connectivity index (χ0v) is 19.7. The Labute approximate surface area is 203 Å². The number of anilines is 1. The summed E-state index contributed by atoms with van der Waals surface area (Å²) in [5.74, 6) is -0.0568. The second-order valence-electron chi connectivity index (χ2n) is 8.84. The third kappa shape index (κ3) is 6.21. The predicted octanol–water partition coefficient (Wildman–Crippen LogP) is 5.11. The molecule has 35 heavy (non-hydrogen) atoms. The molecule has 9 heteroatoms. The highest BCUT2D eigenvalue weighted by atomic mass is 19.3. The molecule has 7 nitrogen and oxygen atoms in total.